The number of pyridine rings is 1. The maximum Gasteiger partial charge on any atom is 0.330 e. The van der Waals surface area contributed by atoms with Crippen LogP contribution in [0.15, 0.2) is 29.3 Å². The Morgan fingerprint density at radius 1 is 1.50 bits per heavy atom. The number of nitrogens with zero attached hydrogens (tertiary/aromatic N) is 1. The summed E-state index contributed by atoms with van der Waals surface area (Å²) in [4.78, 5) is 13.7. The first-order chi connectivity index (χ1) is 5.81. The molecular weight excluding hydrogens is 156 g/mol. The van der Waals surface area contributed by atoms with Crippen LogP contribution in [-0.2, 0) is 0 Å². The number of H-pyrrole nitrogens is 1. The summed E-state index contributed by atoms with van der Waals surface area (Å²) in [5, 5.41) is 0. The van der Waals surface area contributed by atoms with E-state index in [1.54, 1.807) is 19.5 Å². The summed E-state index contributed by atoms with van der Waals surface area (Å²) in [6, 6.07) is 3.62. The number of nitrogens with one attached hydrogen (secondary N) is 1. The van der Waals surface area contributed by atoms with Crippen LogP contribution in [-0.4, -0.2) is 16.5 Å². The average Bonchev–Trinajstić information content (AvgIpc) is 2.47. The Kier molecular flexibility index (Phi) is 1.40. The first kappa shape index (κ1) is 6.97. The maximum absolute atomic E-state index is 11.1. The zero-order valence-electron chi connectivity index (χ0n) is 6.57. The number of fused-ring (bicyclic) bond motifs is 1. The van der Waals surface area contributed by atoms with E-state index in [0.717, 1.165) is 5.52 Å². The molecule has 0 saturated heterocycles. The van der Waals surface area contributed by atoms with E-state index >= 15 is 0 Å². The summed E-state index contributed by atoms with van der Waals surface area (Å²) in [6.07, 6.45) is 3.30. The maximum atomic E-state index is 11.1. The first-order valence-electron chi connectivity index (χ1n) is 3.55. The number of ether oxygens (including phenoxy) is 1. The van der Waals surface area contributed by atoms with Gasteiger partial charge < -0.3 is 9.72 Å². The minimum atomic E-state index is -0.149. The molecule has 4 heteroatoms. The van der Waals surface area contributed by atoms with Gasteiger partial charge in [-0.2, -0.15) is 0 Å². The van der Waals surface area contributed by atoms with E-state index in [9.17, 15) is 4.79 Å². The predicted octanol–water partition coefficient (Wildman–Crippen LogP) is 0.636. The molecule has 0 fully saturated rings. The number of hydrogen-bond acceptors (Lipinski definition) is 2. The smallest absolute Gasteiger partial charge is 0.330 e. The van der Waals surface area contributed by atoms with Crippen LogP contribution >= 0.6 is 0 Å². The van der Waals surface area contributed by atoms with E-state index in [1.165, 1.54) is 4.40 Å². The third-order valence-electron chi connectivity index (χ3n) is 1.75. The van der Waals surface area contributed by atoms with Gasteiger partial charge in [-0.25, -0.2) is 4.79 Å². The molecule has 0 bridgehead atoms. The van der Waals surface area contributed by atoms with Crippen LogP contribution in [0.5, 0.6) is 5.75 Å². The lowest BCUT2D eigenvalue weighted by Gasteiger charge is -1.98. The Bertz CT molecular complexity index is 455. The minimum Gasteiger partial charge on any atom is -0.495 e. The normalized spacial score (nSPS) is 10.4. The van der Waals surface area contributed by atoms with Gasteiger partial charge in [-0.05, 0) is 12.1 Å². The standard InChI is InChI=1S/C8H8N2O2/c1-12-7-3-2-6-4-9-8(11)10(6)5-7/h2-5H,1H3,(H,9,11). The van der Waals surface area contributed by atoms with Crippen molar-refractivity contribution in [2.75, 3.05) is 7.11 Å². The van der Waals surface area contributed by atoms with Crippen molar-refractivity contribution < 1.29 is 4.74 Å². The largest absolute Gasteiger partial charge is 0.495 e. The molecule has 0 saturated carbocycles. The van der Waals surface area contributed by atoms with Gasteiger partial charge in [0.1, 0.15) is 5.75 Å². The van der Waals surface area contributed by atoms with Gasteiger partial charge in [0.15, 0.2) is 0 Å². The van der Waals surface area contributed by atoms with Crippen molar-refractivity contribution >= 4 is 5.52 Å². The van der Waals surface area contributed by atoms with E-state index in [0.29, 0.717) is 5.75 Å². The molecule has 2 rings (SSSR count). The number of hydrogen-bond donors (Lipinski definition) is 1. The van der Waals surface area contributed by atoms with Crippen molar-refractivity contribution in [1.29, 1.82) is 0 Å². The lowest BCUT2D eigenvalue weighted by atomic mass is 10.4. The molecule has 0 aliphatic carbocycles. The van der Waals surface area contributed by atoms with Crippen molar-refractivity contribution in [2.45, 2.75) is 0 Å². The molecular formula is C8H8N2O2. The van der Waals surface area contributed by atoms with Gasteiger partial charge in [0, 0.05) is 6.20 Å². The Morgan fingerprint density at radius 2 is 2.33 bits per heavy atom. The van der Waals surface area contributed by atoms with Crippen molar-refractivity contribution in [3.05, 3.63) is 35.0 Å². The van der Waals surface area contributed by atoms with Crippen LogP contribution in [0.25, 0.3) is 5.52 Å². The Balaban J connectivity index is 2.80. The Labute approximate surface area is 68.4 Å². The summed E-state index contributed by atoms with van der Waals surface area (Å²) in [5.41, 5.74) is 0.685. The molecule has 2 aromatic heterocycles. The Hall–Kier alpha value is -1.71. The van der Waals surface area contributed by atoms with Gasteiger partial charge in [-0.3, -0.25) is 4.40 Å². The molecule has 1 N–H and O–H groups in total. The fraction of sp³-hybridized carbons (Fsp3) is 0.125. The summed E-state index contributed by atoms with van der Waals surface area (Å²) in [7, 11) is 1.57. The topological polar surface area (TPSA) is 46.5 Å². The number of imidazole rings is 1. The molecule has 0 aromatic carbocycles. The summed E-state index contributed by atoms with van der Waals surface area (Å²) in [6.45, 7) is 0. The third-order valence-corrected chi connectivity index (χ3v) is 1.75. The first-order valence-corrected chi connectivity index (χ1v) is 3.55. The van der Waals surface area contributed by atoms with Crippen LogP contribution in [0.4, 0.5) is 0 Å². The number of aromatic amines is 1. The fourth-order valence-corrected chi connectivity index (χ4v) is 1.11. The SMILES string of the molecule is COc1ccc2c[nH]c(=O)n2c1. The lowest BCUT2D eigenvalue weighted by Crippen LogP contribution is -2.08. The monoisotopic (exact) mass is 164 g/mol. The third kappa shape index (κ3) is 0.887. The van der Waals surface area contributed by atoms with E-state index in [1.807, 2.05) is 12.1 Å². The molecule has 2 aromatic rings. The fourth-order valence-electron chi connectivity index (χ4n) is 1.11. The quantitative estimate of drug-likeness (QED) is 0.672. The van der Waals surface area contributed by atoms with E-state index in [4.69, 9.17) is 4.74 Å². The lowest BCUT2D eigenvalue weighted by molar-refractivity contribution is 0.412. The molecule has 0 aliphatic heterocycles. The van der Waals surface area contributed by atoms with Gasteiger partial charge in [0.05, 0.1) is 18.8 Å². The molecule has 0 unspecified atom stereocenters. The van der Waals surface area contributed by atoms with E-state index in [2.05, 4.69) is 4.98 Å². The van der Waals surface area contributed by atoms with Crippen molar-refractivity contribution in [3.8, 4) is 5.75 Å². The van der Waals surface area contributed by atoms with Crippen molar-refractivity contribution in [3.63, 3.8) is 0 Å². The van der Waals surface area contributed by atoms with Gasteiger partial charge in [-0.15, -0.1) is 0 Å². The molecule has 0 atom stereocenters. The molecule has 2 heterocycles. The van der Waals surface area contributed by atoms with Crippen molar-refractivity contribution in [2.24, 2.45) is 0 Å². The molecule has 12 heavy (non-hydrogen) atoms. The average molecular weight is 164 g/mol. The summed E-state index contributed by atoms with van der Waals surface area (Å²) >= 11 is 0. The molecule has 0 spiro atoms. The van der Waals surface area contributed by atoms with Crippen LogP contribution in [0, 0.1) is 0 Å². The van der Waals surface area contributed by atoms with Crippen LogP contribution in [0.1, 0.15) is 0 Å². The van der Waals surface area contributed by atoms with Gasteiger partial charge in [0.25, 0.3) is 0 Å². The second-order valence-electron chi connectivity index (χ2n) is 2.46. The number of aromatic nitrogens is 2. The summed E-state index contributed by atoms with van der Waals surface area (Å²) < 4.78 is 6.47. The highest BCUT2D eigenvalue weighted by molar-refractivity contribution is 5.46. The van der Waals surface area contributed by atoms with Gasteiger partial charge >= 0.3 is 5.69 Å². The highest BCUT2D eigenvalue weighted by Gasteiger charge is 1.97. The molecule has 0 amide bonds. The van der Waals surface area contributed by atoms with Crippen LogP contribution < -0.4 is 10.4 Å². The van der Waals surface area contributed by atoms with Crippen LogP contribution in [0.3, 0.4) is 0 Å². The number of rotatable bonds is 1. The van der Waals surface area contributed by atoms with Gasteiger partial charge in [-0.1, -0.05) is 0 Å². The highest BCUT2D eigenvalue weighted by atomic mass is 16.5. The molecule has 62 valence electrons. The van der Waals surface area contributed by atoms with E-state index < -0.39 is 0 Å². The predicted molar refractivity (Wildman–Crippen MR) is 44.6 cm³/mol. The second kappa shape index (κ2) is 2.41. The summed E-state index contributed by atoms with van der Waals surface area (Å²) in [5.74, 6) is 0.671. The second-order valence-corrected chi connectivity index (χ2v) is 2.46. The highest BCUT2D eigenvalue weighted by Crippen LogP contribution is 2.09. The number of methoxy groups -OCH3 is 1. The Morgan fingerprint density at radius 3 is 3.08 bits per heavy atom. The van der Waals surface area contributed by atoms with E-state index in [-0.39, 0.29) is 5.69 Å². The molecule has 4 nitrogen and oxygen atoms in total. The zero-order valence-corrected chi connectivity index (χ0v) is 6.57. The molecule has 0 aliphatic rings. The molecule has 0 radical (unpaired) electrons. The minimum absolute atomic E-state index is 0.149. The zero-order chi connectivity index (χ0) is 8.55. The van der Waals surface area contributed by atoms with Crippen LogP contribution in [0.2, 0.25) is 0 Å². The van der Waals surface area contributed by atoms with Gasteiger partial charge in [0.2, 0.25) is 0 Å². The van der Waals surface area contributed by atoms with Crippen molar-refractivity contribution in [1.82, 2.24) is 9.38 Å².